The molecule has 2 aromatic rings. The van der Waals surface area contributed by atoms with Crippen LogP contribution in [0, 0.1) is 0 Å². The number of aliphatic imine (C=N–C) groups is 1. The van der Waals surface area contributed by atoms with Gasteiger partial charge in [0.2, 0.25) is 0 Å². The van der Waals surface area contributed by atoms with Crippen LogP contribution >= 0.6 is 24.0 Å². The third-order valence-corrected chi connectivity index (χ3v) is 4.70. The summed E-state index contributed by atoms with van der Waals surface area (Å²) in [7, 11) is 1.64. The molecule has 6 nitrogen and oxygen atoms in total. The molecule has 1 fully saturated rings. The fourth-order valence-corrected chi connectivity index (χ4v) is 3.49. The zero-order valence-corrected chi connectivity index (χ0v) is 19.6. The molecule has 0 spiro atoms. The lowest BCUT2D eigenvalue weighted by atomic mass is 10.1. The third kappa shape index (κ3) is 7.49. The van der Waals surface area contributed by atoms with Crippen molar-refractivity contribution in [3.63, 3.8) is 0 Å². The summed E-state index contributed by atoms with van der Waals surface area (Å²) in [5.41, 5.74) is 9.29. The highest BCUT2D eigenvalue weighted by atomic mass is 127. The SMILES string of the molecule is COc1cccc(NC(N)=NCc2ccc(CN3CC(C)OC(C)C3)cc2)c1.I. The quantitative estimate of drug-likeness (QED) is 0.351. The summed E-state index contributed by atoms with van der Waals surface area (Å²) < 4.78 is 11.0. The van der Waals surface area contributed by atoms with Crippen LogP contribution in [0.25, 0.3) is 0 Å². The number of hydrogen-bond acceptors (Lipinski definition) is 4. The second-order valence-corrected chi connectivity index (χ2v) is 7.33. The van der Waals surface area contributed by atoms with Crippen molar-refractivity contribution in [1.82, 2.24) is 4.90 Å². The topological polar surface area (TPSA) is 72.1 Å². The average molecular weight is 510 g/mol. The van der Waals surface area contributed by atoms with E-state index in [4.69, 9.17) is 15.2 Å². The standard InChI is InChI=1S/C22H30N4O2.HI/c1-16-13-26(14-17(2)28-16)15-19-9-7-18(8-10-19)12-24-22(23)25-20-5-4-6-21(11-20)27-3;/h4-11,16-17H,12-15H2,1-3H3,(H3,23,24,25);1H. The number of hydrogen-bond donors (Lipinski definition) is 2. The van der Waals surface area contributed by atoms with Crippen LogP contribution in [0.1, 0.15) is 25.0 Å². The van der Waals surface area contributed by atoms with Crippen LogP contribution in [-0.4, -0.2) is 43.3 Å². The maximum Gasteiger partial charge on any atom is 0.193 e. The van der Waals surface area contributed by atoms with Gasteiger partial charge in [0.1, 0.15) is 5.75 Å². The van der Waals surface area contributed by atoms with Gasteiger partial charge in [0.25, 0.3) is 0 Å². The lowest BCUT2D eigenvalue weighted by Gasteiger charge is -2.35. The zero-order chi connectivity index (χ0) is 19.9. The first-order valence-electron chi connectivity index (χ1n) is 9.68. The lowest BCUT2D eigenvalue weighted by molar-refractivity contribution is -0.0704. The molecule has 0 saturated carbocycles. The van der Waals surface area contributed by atoms with Gasteiger partial charge in [-0.1, -0.05) is 30.3 Å². The molecular formula is C22H31IN4O2. The highest BCUT2D eigenvalue weighted by molar-refractivity contribution is 14.0. The lowest BCUT2D eigenvalue weighted by Crippen LogP contribution is -2.44. The van der Waals surface area contributed by atoms with Crippen molar-refractivity contribution >= 4 is 35.6 Å². The highest BCUT2D eigenvalue weighted by Crippen LogP contribution is 2.17. The molecule has 158 valence electrons. The largest absolute Gasteiger partial charge is 0.497 e. The van der Waals surface area contributed by atoms with E-state index in [0.717, 1.165) is 36.6 Å². The molecule has 0 radical (unpaired) electrons. The number of nitrogens with two attached hydrogens (primary N) is 1. The molecule has 1 heterocycles. The van der Waals surface area contributed by atoms with E-state index in [1.165, 1.54) is 5.56 Å². The van der Waals surface area contributed by atoms with Gasteiger partial charge in [0.15, 0.2) is 5.96 Å². The van der Waals surface area contributed by atoms with Crippen molar-refractivity contribution in [1.29, 1.82) is 0 Å². The molecule has 1 aliphatic rings. The fraction of sp³-hybridized carbons (Fsp3) is 0.409. The second-order valence-electron chi connectivity index (χ2n) is 7.33. The first-order valence-corrected chi connectivity index (χ1v) is 9.68. The van der Waals surface area contributed by atoms with E-state index in [2.05, 4.69) is 53.3 Å². The molecule has 7 heteroatoms. The Bertz CT molecular complexity index is 788. The summed E-state index contributed by atoms with van der Waals surface area (Å²) in [4.78, 5) is 6.87. The Morgan fingerprint density at radius 3 is 2.45 bits per heavy atom. The van der Waals surface area contributed by atoms with Crippen LogP contribution in [0.4, 0.5) is 5.69 Å². The summed E-state index contributed by atoms with van der Waals surface area (Å²) in [6.07, 6.45) is 0.579. The van der Waals surface area contributed by atoms with Crippen molar-refractivity contribution < 1.29 is 9.47 Å². The van der Waals surface area contributed by atoms with Gasteiger partial charge in [-0.2, -0.15) is 0 Å². The molecule has 0 bridgehead atoms. The number of methoxy groups -OCH3 is 1. The average Bonchev–Trinajstić information content (AvgIpc) is 2.67. The summed E-state index contributed by atoms with van der Waals surface area (Å²) in [5.74, 6) is 1.16. The van der Waals surface area contributed by atoms with E-state index in [9.17, 15) is 0 Å². The number of ether oxygens (including phenoxy) is 2. The normalized spacial score (nSPS) is 20.0. The van der Waals surface area contributed by atoms with E-state index in [1.807, 2.05) is 24.3 Å². The minimum Gasteiger partial charge on any atom is -0.497 e. The summed E-state index contributed by atoms with van der Waals surface area (Å²) in [6, 6.07) is 16.2. The summed E-state index contributed by atoms with van der Waals surface area (Å²) in [5, 5.41) is 3.09. The molecule has 1 saturated heterocycles. The fourth-order valence-electron chi connectivity index (χ4n) is 3.49. The number of benzene rings is 2. The van der Waals surface area contributed by atoms with E-state index in [-0.39, 0.29) is 36.2 Å². The predicted octanol–water partition coefficient (Wildman–Crippen LogP) is 3.85. The van der Waals surface area contributed by atoms with Gasteiger partial charge in [0.05, 0.1) is 25.9 Å². The molecule has 0 aliphatic carbocycles. The van der Waals surface area contributed by atoms with Gasteiger partial charge in [-0.25, -0.2) is 4.99 Å². The van der Waals surface area contributed by atoms with Crippen molar-refractivity contribution in [2.75, 3.05) is 25.5 Å². The number of nitrogens with one attached hydrogen (secondary N) is 1. The number of rotatable bonds is 6. The van der Waals surface area contributed by atoms with E-state index >= 15 is 0 Å². The van der Waals surface area contributed by atoms with Crippen LogP contribution in [0.3, 0.4) is 0 Å². The molecule has 3 N–H and O–H groups in total. The van der Waals surface area contributed by atoms with Crippen molar-refractivity contribution in [3.05, 3.63) is 59.7 Å². The number of halogens is 1. The van der Waals surface area contributed by atoms with Gasteiger partial charge >= 0.3 is 0 Å². The second kappa shape index (κ2) is 11.4. The van der Waals surface area contributed by atoms with Gasteiger partial charge < -0.3 is 20.5 Å². The van der Waals surface area contributed by atoms with Crippen LogP contribution in [-0.2, 0) is 17.8 Å². The molecule has 2 aromatic carbocycles. The smallest absolute Gasteiger partial charge is 0.193 e. The Morgan fingerprint density at radius 1 is 1.14 bits per heavy atom. The Balaban J connectivity index is 0.00000300. The monoisotopic (exact) mass is 510 g/mol. The van der Waals surface area contributed by atoms with E-state index in [1.54, 1.807) is 7.11 Å². The van der Waals surface area contributed by atoms with Crippen LogP contribution < -0.4 is 15.8 Å². The molecule has 0 amide bonds. The third-order valence-electron chi connectivity index (χ3n) is 4.70. The molecular weight excluding hydrogens is 479 g/mol. The first kappa shape index (κ1) is 23.4. The van der Waals surface area contributed by atoms with Gasteiger partial charge in [-0.05, 0) is 37.1 Å². The van der Waals surface area contributed by atoms with E-state index in [0.29, 0.717) is 12.5 Å². The molecule has 29 heavy (non-hydrogen) atoms. The van der Waals surface area contributed by atoms with Gasteiger partial charge in [-0.3, -0.25) is 4.90 Å². The Kier molecular flexibility index (Phi) is 9.19. The highest BCUT2D eigenvalue weighted by Gasteiger charge is 2.21. The maximum absolute atomic E-state index is 6.00. The molecule has 2 atom stereocenters. The Labute approximate surface area is 190 Å². The van der Waals surface area contributed by atoms with Crippen LogP contribution in [0.15, 0.2) is 53.5 Å². The van der Waals surface area contributed by atoms with Gasteiger partial charge in [0, 0.05) is 31.4 Å². The molecule has 3 rings (SSSR count). The number of nitrogens with zero attached hydrogens (tertiary/aromatic N) is 2. The van der Waals surface area contributed by atoms with Crippen LogP contribution in [0.5, 0.6) is 5.75 Å². The van der Waals surface area contributed by atoms with Crippen LogP contribution in [0.2, 0.25) is 0 Å². The number of morpholine rings is 1. The molecule has 0 aromatic heterocycles. The maximum atomic E-state index is 6.00. The number of guanidine groups is 1. The molecule has 1 aliphatic heterocycles. The van der Waals surface area contributed by atoms with E-state index < -0.39 is 0 Å². The Hall–Kier alpha value is -1.84. The molecule has 2 unspecified atom stereocenters. The number of anilines is 1. The minimum absolute atomic E-state index is 0. The van der Waals surface area contributed by atoms with Crippen molar-refractivity contribution in [3.8, 4) is 5.75 Å². The summed E-state index contributed by atoms with van der Waals surface area (Å²) in [6.45, 7) is 7.70. The van der Waals surface area contributed by atoms with Crippen molar-refractivity contribution in [2.45, 2.75) is 39.1 Å². The zero-order valence-electron chi connectivity index (χ0n) is 17.3. The first-order chi connectivity index (χ1) is 13.5. The predicted molar refractivity (Wildman–Crippen MR) is 129 cm³/mol. The van der Waals surface area contributed by atoms with Crippen molar-refractivity contribution in [2.24, 2.45) is 10.7 Å². The minimum atomic E-state index is 0. The summed E-state index contributed by atoms with van der Waals surface area (Å²) >= 11 is 0. The Morgan fingerprint density at radius 2 is 1.79 bits per heavy atom. The van der Waals surface area contributed by atoms with Gasteiger partial charge in [-0.15, -0.1) is 24.0 Å².